The van der Waals surface area contributed by atoms with E-state index in [1.54, 1.807) is 10.9 Å². The van der Waals surface area contributed by atoms with E-state index in [4.69, 9.17) is 9.47 Å². The van der Waals surface area contributed by atoms with Crippen LogP contribution in [0.4, 0.5) is 0 Å². The zero-order valence-electron chi connectivity index (χ0n) is 16.4. The Labute approximate surface area is 173 Å². The van der Waals surface area contributed by atoms with Crippen LogP contribution >= 0.6 is 0 Å². The number of aromatic nitrogens is 3. The van der Waals surface area contributed by atoms with Crippen LogP contribution in [-0.2, 0) is 6.54 Å². The van der Waals surface area contributed by atoms with Crippen molar-refractivity contribution >= 4 is 5.91 Å². The van der Waals surface area contributed by atoms with E-state index < -0.39 is 0 Å². The van der Waals surface area contributed by atoms with Crippen LogP contribution in [0, 0.1) is 6.92 Å². The molecule has 0 saturated carbocycles. The van der Waals surface area contributed by atoms with Gasteiger partial charge in [-0.3, -0.25) is 4.79 Å². The standard InChI is InChI=1S/C23H20N4O3/c1-16-4-7-18(8-5-16)27-23(26-10-2-3-11-26)19(14-25-27)22(28)24-13-17-6-9-20-21(12-17)30-15-29-20/h2-12,14H,13,15H2,1H3,(H,24,28). The fourth-order valence-electron chi connectivity index (χ4n) is 3.43. The maximum Gasteiger partial charge on any atom is 0.256 e. The van der Waals surface area contributed by atoms with E-state index >= 15 is 0 Å². The van der Waals surface area contributed by atoms with Gasteiger partial charge in [-0.25, -0.2) is 4.68 Å². The monoisotopic (exact) mass is 400 g/mol. The van der Waals surface area contributed by atoms with Gasteiger partial charge in [0.2, 0.25) is 6.79 Å². The molecule has 7 heteroatoms. The van der Waals surface area contributed by atoms with Gasteiger partial charge >= 0.3 is 0 Å². The maximum absolute atomic E-state index is 13.0. The topological polar surface area (TPSA) is 70.3 Å². The lowest BCUT2D eigenvalue weighted by molar-refractivity contribution is 0.0951. The van der Waals surface area contributed by atoms with E-state index in [1.165, 1.54) is 0 Å². The van der Waals surface area contributed by atoms with Gasteiger partial charge < -0.3 is 19.4 Å². The number of nitrogens with zero attached hydrogens (tertiary/aromatic N) is 3. The number of aryl methyl sites for hydroxylation is 1. The highest BCUT2D eigenvalue weighted by atomic mass is 16.7. The molecule has 2 aromatic carbocycles. The average molecular weight is 400 g/mol. The zero-order chi connectivity index (χ0) is 20.5. The molecule has 0 radical (unpaired) electrons. The Kier molecular flexibility index (Phi) is 4.48. The Bertz CT molecular complexity index is 1190. The molecule has 4 aromatic rings. The molecule has 1 amide bonds. The minimum Gasteiger partial charge on any atom is -0.454 e. The molecule has 0 atom stereocenters. The van der Waals surface area contributed by atoms with Crippen molar-refractivity contribution in [3.05, 3.63) is 89.9 Å². The molecule has 150 valence electrons. The predicted octanol–water partition coefficient (Wildman–Crippen LogP) is 3.63. The predicted molar refractivity (Wildman–Crippen MR) is 111 cm³/mol. The van der Waals surface area contributed by atoms with Gasteiger partial charge in [0.1, 0.15) is 5.56 Å². The molecule has 1 aliphatic heterocycles. The molecular weight excluding hydrogens is 380 g/mol. The second kappa shape index (κ2) is 7.44. The van der Waals surface area contributed by atoms with Crippen LogP contribution in [0.25, 0.3) is 11.5 Å². The summed E-state index contributed by atoms with van der Waals surface area (Å²) in [4.78, 5) is 13.0. The zero-order valence-corrected chi connectivity index (χ0v) is 16.4. The fourth-order valence-corrected chi connectivity index (χ4v) is 3.43. The average Bonchev–Trinajstić information content (AvgIpc) is 3.52. The van der Waals surface area contributed by atoms with Crippen molar-refractivity contribution in [2.75, 3.05) is 6.79 Å². The smallest absolute Gasteiger partial charge is 0.256 e. The summed E-state index contributed by atoms with van der Waals surface area (Å²) >= 11 is 0. The van der Waals surface area contributed by atoms with Crippen LogP contribution < -0.4 is 14.8 Å². The number of nitrogens with one attached hydrogen (secondary N) is 1. The first-order chi connectivity index (χ1) is 14.7. The van der Waals surface area contributed by atoms with Gasteiger partial charge in [-0.15, -0.1) is 0 Å². The molecule has 2 aromatic heterocycles. The number of benzene rings is 2. The Morgan fingerprint density at radius 3 is 2.63 bits per heavy atom. The summed E-state index contributed by atoms with van der Waals surface area (Å²) in [5, 5.41) is 7.47. The van der Waals surface area contributed by atoms with Crippen LogP contribution in [0.2, 0.25) is 0 Å². The van der Waals surface area contributed by atoms with Crippen LogP contribution in [0.15, 0.2) is 73.2 Å². The van der Waals surface area contributed by atoms with Gasteiger partial charge in [-0.1, -0.05) is 23.8 Å². The molecule has 3 heterocycles. The minimum atomic E-state index is -0.199. The van der Waals surface area contributed by atoms with Crippen molar-refractivity contribution in [1.29, 1.82) is 0 Å². The summed E-state index contributed by atoms with van der Waals surface area (Å²) in [5.74, 6) is 1.91. The largest absolute Gasteiger partial charge is 0.454 e. The van der Waals surface area contributed by atoms with Crippen molar-refractivity contribution < 1.29 is 14.3 Å². The molecule has 0 saturated heterocycles. The first kappa shape index (κ1) is 18.1. The van der Waals surface area contributed by atoms with Crippen molar-refractivity contribution in [3.8, 4) is 23.0 Å². The first-order valence-corrected chi connectivity index (χ1v) is 9.64. The van der Waals surface area contributed by atoms with Crippen molar-refractivity contribution in [2.45, 2.75) is 13.5 Å². The normalized spacial score (nSPS) is 12.2. The molecule has 0 aliphatic carbocycles. The molecular formula is C23H20N4O3. The Hall–Kier alpha value is -4.00. The third-order valence-electron chi connectivity index (χ3n) is 5.01. The van der Waals surface area contributed by atoms with Crippen molar-refractivity contribution in [2.24, 2.45) is 0 Å². The summed E-state index contributed by atoms with van der Waals surface area (Å²) in [7, 11) is 0. The van der Waals surface area contributed by atoms with Gasteiger partial charge in [0.05, 0.1) is 11.9 Å². The Morgan fingerprint density at radius 2 is 1.83 bits per heavy atom. The van der Waals surface area contributed by atoms with Gasteiger partial charge in [-0.2, -0.15) is 5.10 Å². The Balaban J connectivity index is 1.43. The van der Waals surface area contributed by atoms with Gasteiger partial charge in [0, 0.05) is 18.9 Å². The summed E-state index contributed by atoms with van der Waals surface area (Å²) in [6.45, 7) is 2.63. The van der Waals surface area contributed by atoms with Crippen molar-refractivity contribution in [1.82, 2.24) is 19.7 Å². The number of rotatable bonds is 5. The van der Waals surface area contributed by atoms with Gasteiger partial charge in [0.15, 0.2) is 17.3 Å². The summed E-state index contributed by atoms with van der Waals surface area (Å²) < 4.78 is 14.4. The number of hydrogen-bond donors (Lipinski definition) is 1. The van der Waals surface area contributed by atoms with E-state index in [9.17, 15) is 4.79 Å². The number of ether oxygens (including phenoxy) is 2. The third kappa shape index (κ3) is 3.30. The molecule has 30 heavy (non-hydrogen) atoms. The molecule has 0 fully saturated rings. The molecule has 0 unspecified atom stereocenters. The first-order valence-electron chi connectivity index (χ1n) is 9.64. The number of carbonyl (C=O) groups is 1. The summed E-state index contributed by atoms with van der Waals surface area (Å²) in [6.07, 6.45) is 5.40. The third-order valence-corrected chi connectivity index (χ3v) is 5.01. The Morgan fingerprint density at radius 1 is 1.07 bits per heavy atom. The number of hydrogen-bond acceptors (Lipinski definition) is 4. The molecule has 5 rings (SSSR count). The van der Waals surface area contributed by atoms with E-state index in [1.807, 2.05) is 78.5 Å². The van der Waals surface area contributed by atoms with E-state index in [2.05, 4.69) is 10.4 Å². The highest BCUT2D eigenvalue weighted by molar-refractivity contribution is 5.97. The lowest BCUT2D eigenvalue weighted by Crippen LogP contribution is -2.24. The van der Waals surface area contributed by atoms with Crippen LogP contribution in [0.5, 0.6) is 11.5 Å². The maximum atomic E-state index is 13.0. The second-order valence-corrected chi connectivity index (χ2v) is 7.09. The number of fused-ring (bicyclic) bond motifs is 1. The minimum absolute atomic E-state index is 0.199. The van der Waals surface area contributed by atoms with E-state index in [-0.39, 0.29) is 12.7 Å². The van der Waals surface area contributed by atoms with Crippen LogP contribution in [-0.4, -0.2) is 27.0 Å². The number of amides is 1. The summed E-state index contributed by atoms with van der Waals surface area (Å²) in [6, 6.07) is 17.5. The van der Waals surface area contributed by atoms with Crippen molar-refractivity contribution in [3.63, 3.8) is 0 Å². The van der Waals surface area contributed by atoms with Crippen LogP contribution in [0.1, 0.15) is 21.5 Å². The van der Waals surface area contributed by atoms with Gasteiger partial charge in [0.25, 0.3) is 5.91 Å². The lowest BCUT2D eigenvalue weighted by Gasteiger charge is -2.12. The molecule has 0 bridgehead atoms. The highest BCUT2D eigenvalue weighted by Gasteiger charge is 2.20. The highest BCUT2D eigenvalue weighted by Crippen LogP contribution is 2.32. The number of carbonyl (C=O) groups excluding carboxylic acids is 1. The lowest BCUT2D eigenvalue weighted by atomic mass is 10.2. The second-order valence-electron chi connectivity index (χ2n) is 7.09. The van der Waals surface area contributed by atoms with E-state index in [0.717, 1.165) is 22.6 Å². The fraction of sp³-hybridized carbons (Fsp3) is 0.130. The molecule has 1 aliphatic rings. The van der Waals surface area contributed by atoms with Crippen LogP contribution in [0.3, 0.4) is 0 Å². The van der Waals surface area contributed by atoms with Gasteiger partial charge in [-0.05, 0) is 48.9 Å². The van der Waals surface area contributed by atoms with E-state index in [0.29, 0.717) is 23.7 Å². The molecule has 1 N–H and O–H groups in total. The quantitative estimate of drug-likeness (QED) is 0.555. The SMILES string of the molecule is Cc1ccc(-n2ncc(C(=O)NCc3ccc4c(c3)OCO4)c2-n2cccc2)cc1. The molecule has 0 spiro atoms. The molecule has 7 nitrogen and oxygen atoms in total. The summed E-state index contributed by atoms with van der Waals surface area (Å²) in [5.41, 5.74) is 3.47.